The van der Waals surface area contributed by atoms with Crippen molar-refractivity contribution >= 4 is 17.2 Å². The van der Waals surface area contributed by atoms with Crippen LogP contribution in [0, 0.1) is 0 Å². The first kappa shape index (κ1) is 12.0. The Balaban J connectivity index is 2.37. The van der Waals surface area contributed by atoms with Crippen molar-refractivity contribution in [3.8, 4) is 10.7 Å². The van der Waals surface area contributed by atoms with E-state index in [-0.39, 0.29) is 0 Å². The number of methoxy groups -OCH3 is 1. The Morgan fingerprint density at radius 3 is 2.94 bits per heavy atom. The first-order valence-electron chi connectivity index (χ1n) is 5.48. The molecule has 0 aliphatic rings. The van der Waals surface area contributed by atoms with Crippen molar-refractivity contribution in [2.75, 3.05) is 19.0 Å². The molecular formula is C12H15N3OS. The highest BCUT2D eigenvalue weighted by Gasteiger charge is 2.07. The summed E-state index contributed by atoms with van der Waals surface area (Å²) in [7, 11) is 1.67. The molecular weight excluding hydrogens is 234 g/mol. The summed E-state index contributed by atoms with van der Waals surface area (Å²) in [5.41, 5.74) is 0.891. The SMILES string of the molecule is CCNc1cc(COC)nc(-c2cccs2)n1. The maximum atomic E-state index is 5.12. The molecule has 2 heterocycles. The third kappa shape index (κ3) is 3.01. The van der Waals surface area contributed by atoms with E-state index in [2.05, 4.69) is 15.3 Å². The number of nitrogens with one attached hydrogen (secondary N) is 1. The monoisotopic (exact) mass is 249 g/mol. The Kier molecular flexibility index (Phi) is 4.06. The molecule has 5 heteroatoms. The highest BCUT2D eigenvalue weighted by molar-refractivity contribution is 7.13. The van der Waals surface area contributed by atoms with Crippen molar-refractivity contribution < 1.29 is 4.74 Å². The minimum Gasteiger partial charge on any atom is -0.378 e. The van der Waals surface area contributed by atoms with Gasteiger partial charge in [-0.2, -0.15) is 0 Å². The molecule has 17 heavy (non-hydrogen) atoms. The molecule has 0 radical (unpaired) electrons. The highest BCUT2D eigenvalue weighted by Crippen LogP contribution is 2.22. The van der Waals surface area contributed by atoms with E-state index < -0.39 is 0 Å². The highest BCUT2D eigenvalue weighted by atomic mass is 32.1. The van der Waals surface area contributed by atoms with Crippen LogP contribution < -0.4 is 5.32 Å². The zero-order valence-corrected chi connectivity index (χ0v) is 10.8. The molecule has 2 aromatic rings. The standard InChI is InChI=1S/C12H15N3OS/c1-3-13-11-7-9(8-16-2)14-12(15-11)10-5-4-6-17-10/h4-7H,3,8H2,1-2H3,(H,13,14,15). The first-order chi connectivity index (χ1) is 8.33. The minimum absolute atomic E-state index is 0.499. The lowest BCUT2D eigenvalue weighted by atomic mass is 10.3. The van der Waals surface area contributed by atoms with Crippen LogP contribution in [0.3, 0.4) is 0 Å². The summed E-state index contributed by atoms with van der Waals surface area (Å²) in [6.45, 7) is 3.38. The van der Waals surface area contributed by atoms with Gasteiger partial charge in [0.2, 0.25) is 0 Å². The second-order valence-corrected chi connectivity index (χ2v) is 4.46. The minimum atomic E-state index is 0.499. The molecule has 0 spiro atoms. The van der Waals surface area contributed by atoms with Gasteiger partial charge in [0, 0.05) is 19.7 Å². The smallest absolute Gasteiger partial charge is 0.171 e. The van der Waals surface area contributed by atoms with Crippen LogP contribution in [0.5, 0.6) is 0 Å². The molecule has 0 atom stereocenters. The van der Waals surface area contributed by atoms with E-state index in [1.807, 2.05) is 30.5 Å². The lowest BCUT2D eigenvalue weighted by molar-refractivity contribution is 0.181. The molecule has 1 N–H and O–H groups in total. The van der Waals surface area contributed by atoms with E-state index in [4.69, 9.17) is 4.74 Å². The molecule has 0 unspecified atom stereocenters. The number of thiophene rings is 1. The zero-order chi connectivity index (χ0) is 12.1. The van der Waals surface area contributed by atoms with Gasteiger partial charge < -0.3 is 10.1 Å². The maximum absolute atomic E-state index is 5.12. The molecule has 0 amide bonds. The summed E-state index contributed by atoms with van der Waals surface area (Å²) in [6, 6.07) is 5.94. The van der Waals surface area contributed by atoms with Gasteiger partial charge in [0.15, 0.2) is 5.82 Å². The van der Waals surface area contributed by atoms with Crippen LogP contribution in [-0.2, 0) is 11.3 Å². The van der Waals surface area contributed by atoms with Gasteiger partial charge >= 0.3 is 0 Å². The van der Waals surface area contributed by atoms with E-state index in [1.54, 1.807) is 18.4 Å². The Hall–Kier alpha value is -1.46. The molecule has 4 nitrogen and oxygen atoms in total. The number of hydrogen-bond donors (Lipinski definition) is 1. The number of anilines is 1. The Morgan fingerprint density at radius 2 is 2.29 bits per heavy atom. The van der Waals surface area contributed by atoms with Crippen molar-refractivity contribution in [3.63, 3.8) is 0 Å². The van der Waals surface area contributed by atoms with E-state index >= 15 is 0 Å². The van der Waals surface area contributed by atoms with E-state index in [9.17, 15) is 0 Å². The molecule has 0 saturated carbocycles. The molecule has 2 rings (SSSR count). The Labute approximate surface area is 105 Å². The third-order valence-corrected chi connectivity index (χ3v) is 3.04. The second-order valence-electron chi connectivity index (χ2n) is 3.51. The summed E-state index contributed by atoms with van der Waals surface area (Å²) in [5.74, 6) is 1.60. The normalized spacial score (nSPS) is 10.5. The first-order valence-corrected chi connectivity index (χ1v) is 6.36. The average molecular weight is 249 g/mol. The predicted molar refractivity (Wildman–Crippen MR) is 70.2 cm³/mol. The number of aromatic nitrogens is 2. The average Bonchev–Trinajstić information content (AvgIpc) is 2.83. The van der Waals surface area contributed by atoms with Gasteiger partial charge in [0.05, 0.1) is 17.2 Å². The number of hydrogen-bond acceptors (Lipinski definition) is 5. The van der Waals surface area contributed by atoms with Gasteiger partial charge in [-0.1, -0.05) is 6.07 Å². The topological polar surface area (TPSA) is 47.0 Å². The van der Waals surface area contributed by atoms with Gasteiger partial charge in [0.1, 0.15) is 5.82 Å². The van der Waals surface area contributed by atoms with Gasteiger partial charge in [0.25, 0.3) is 0 Å². The molecule has 0 aromatic carbocycles. The number of ether oxygens (including phenoxy) is 1. The summed E-state index contributed by atoms with van der Waals surface area (Å²) in [4.78, 5) is 10.0. The van der Waals surface area contributed by atoms with Crippen molar-refractivity contribution in [3.05, 3.63) is 29.3 Å². The lowest BCUT2D eigenvalue weighted by Crippen LogP contribution is -2.04. The molecule has 90 valence electrons. The fraction of sp³-hybridized carbons (Fsp3) is 0.333. The summed E-state index contributed by atoms with van der Waals surface area (Å²) < 4.78 is 5.12. The van der Waals surface area contributed by atoms with Crippen LogP contribution in [0.2, 0.25) is 0 Å². The van der Waals surface area contributed by atoms with E-state index in [0.29, 0.717) is 6.61 Å². The molecule has 0 aliphatic heterocycles. The maximum Gasteiger partial charge on any atom is 0.171 e. The van der Waals surface area contributed by atoms with Gasteiger partial charge in [-0.25, -0.2) is 9.97 Å². The molecule has 0 fully saturated rings. The van der Waals surface area contributed by atoms with E-state index in [1.165, 1.54) is 0 Å². The van der Waals surface area contributed by atoms with Crippen molar-refractivity contribution in [2.24, 2.45) is 0 Å². The number of nitrogens with zero attached hydrogens (tertiary/aromatic N) is 2. The Morgan fingerprint density at radius 1 is 1.41 bits per heavy atom. The quantitative estimate of drug-likeness (QED) is 0.885. The molecule has 2 aromatic heterocycles. The van der Waals surface area contributed by atoms with Gasteiger partial charge in [-0.3, -0.25) is 0 Å². The molecule has 0 bridgehead atoms. The van der Waals surface area contributed by atoms with Crippen LogP contribution in [0.1, 0.15) is 12.6 Å². The fourth-order valence-electron chi connectivity index (χ4n) is 1.51. The summed E-state index contributed by atoms with van der Waals surface area (Å²) in [6.07, 6.45) is 0. The van der Waals surface area contributed by atoms with Crippen LogP contribution in [-0.4, -0.2) is 23.6 Å². The predicted octanol–water partition coefficient (Wildman–Crippen LogP) is 2.78. The summed E-state index contributed by atoms with van der Waals surface area (Å²) >= 11 is 1.64. The fourth-order valence-corrected chi connectivity index (χ4v) is 2.16. The van der Waals surface area contributed by atoms with Crippen LogP contribution >= 0.6 is 11.3 Å². The van der Waals surface area contributed by atoms with Crippen molar-refractivity contribution in [1.82, 2.24) is 9.97 Å². The van der Waals surface area contributed by atoms with Crippen LogP contribution in [0.4, 0.5) is 5.82 Å². The zero-order valence-electron chi connectivity index (χ0n) is 9.93. The molecule has 0 saturated heterocycles. The van der Waals surface area contributed by atoms with E-state index in [0.717, 1.165) is 28.8 Å². The summed E-state index contributed by atoms with van der Waals surface area (Å²) in [5, 5.41) is 5.23. The lowest BCUT2D eigenvalue weighted by Gasteiger charge is -2.07. The van der Waals surface area contributed by atoms with Crippen LogP contribution in [0.15, 0.2) is 23.6 Å². The number of rotatable bonds is 5. The van der Waals surface area contributed by atoms with Crippen LogP contribution in [0.25, 0.3) is 10.7 Å². The molecule has 0 aliphatic carbocycles. The Bertz CT molecular complexity index is 446. The largest absolute Gasteiger partial charge is 0.378 e. The van der Waals surface area contributed by atoms with Gasteiger partial charge in [-0.15, -0.1) is 11.3 Å². The van der Waals surface area contributed by atoms with Crippen molar-refractivity contribution in [2.45, 2.75) is 13.5 Å². The third-order valence-electron chi connectivity index (χ3n) is 2.17. The second kappa shape index (κ2) is 5.75. The van der Waals surface area contributed by atoms with Crippen molar-refractivity contribution in [1.29, 1.82) is 0 Å². The van der Waals surface area contributed by atoms with Gasteiger partial charge in [-0.05, 0) is 18.4 Å².